The number of aliphatic hydroxyl groups is 4. The van der Waals surface area contributed by atoms with Gasteiger partial charge in [0.1, 0.15) is 5.60 Å². The molecule has 0 bridgehead atoms. The normalized spacial score (nSPS) is 30.8. The van der Waals surface area contributed by atoms with Crippen LogP contribution in [0, 0.1) is 0 Å². The molecule has 7 nitrogen and oxygen atoms in total. The third-order valence-corrected chi connectivity index (χ3v) is 3.04. The van der Waals surface area contributed by atoms with Crippen molar-refractivity contribution >= 4 is 5.97 Å². The molecule has 0 saturated carbocycles. The van der Waals surface area contributed by atoms with Crippen molar-refractivity contribution < 1.29 is 35.1 Å². The Morgan fingerprint density at radius 1 is 1.41 bits per heavy atom. The quantitative estimate of drug-likeness (QED) is 0.305. The number of ether oxygens (including phenoxy) is 1. The van der Waals surface area contributed by atoms with Gasteiger partial charge in [-0.25, -0.2) is 0 Å². The number of aliphatic carboxylic acids is 1. The van der Waals surface area contributed by atoms with E-state index in [-0.39, 0.29) is 5.57 Å². The van der Waals surface area contributed by atoms with Crippen molar-refractivity contribution in [1.82, 2.24) is 0 Å². The smallest absolute Gasteiger partial charge is 0.307 e. The lowest BCUT2D eigenvalue weighted by Crippen LogP contribution is -2.60. The molecule has 0 aromatic heterocycles. The van der Waals surface area contributed by atoms with Crippen molar-refractivity contribution in [1.29, 1.82) is 0 Å². The van der Waals surface area contributed by atoms with Crippen molar-refractivity contribution in [2.24, 2.45) is 0 Å². The van der Waals surface area contributed by atoms with E-state index in [0.29, 0.717) is 6.08 Å². The Morgan fingerprint density at radius 3 is 2.35 bits per heavy atom. The Hall–Kier alpha value is -0.990. The number of carbonyl (C=O) groups is 1. The maximum atomic E-state index is 10.5. The van der Waals surface area contributed by atoms with Crippen LogP contribution in [0.2, 0.25) is 0 Å². The molecule has 1 rings (SSSR count). The number of hydrogen-bond acceptors (Lipinski definition) is 6. The number of methoxy groups -OCH3 is 1. The second kappa shape index (κ2) is 4.04. The molecule has 0 amide bonds. The minimum absolute atomic E-state index is 0.385. The largest absolute Gasteiger partial charge is 0.481 e. The summed E-state index contributed by atoms with van der Waals surface area (Å²) in [6.07, 6.45) is -0.549. The summed E-state index contributed by atoms with van der Waals surface area (Å²) in [6.45, 7) is 1.28. The molecule has 0 heterocycles. The van der Waals surface area contributed by atoms with E-state index in [4.69, 9.17) is 9.84 Å². The third-order valence-electron chi connectivity index (χ3n) is 3.04. The molecule has 0 aliphatic heterocycles. The minimum atomic E-state index is -2.47. The highest BCUT2D eigenvalue weighted by Gasteiger charge is 2.55. The van der Waals surface area contributed by atoms with Gasteiger partial charge in [0.2, 0.25) is 5.79 Å². The average molecular weight is 248 g/mol. The highest BCUT2D eigenvalue weighted by molar-refractivity contribution is 5.70. The first-order chi connectivity index (χ1) is 7.54. The maximum absolute atomic E-state index is 10.5. The van der Waals surface area contributed by atoms with Crippen molar-refractivity contribution in [2.75, 3.05) is 7.11 Å². The highest BCUT2D eigenvalue weighted by Crippen LogP contribution is 2.41. The van der Waals surface area contributed by atoms with Gasteiger partial charge in [0, 0.05) is 19.1 Å². The molecule has 0 spiro atoms. The molecule has 1 aliphatic rings. The molecule has 7 heteroatoms. The molecule has 1 aliphatic carbocycles. The molecular weight excluding hydrogens is 232 g/mol. The van der Waals surface area contributed by atoms with Crippen LogP contribution in [-0.4, -0.2) is 55.8 Å². The van der Waals surface area contributed by atoms with E-state index in [1.807, 2.05) is 0 Å². The number of carboxylic acids is 1. The molecule has 0 saturated heterocycles. The summed E-state index contributed by atoms with van der Waals surface area (Å²) in [4.78, 5) is 10.5. The van der Waals surface area contributed by atoms with Crippen molar-refractivity contribution in [3.63, 3.8) is 0 Å². The predicted molar refractivity (Wildman–Crippen MR) is 54.7 cm³/mol. The fourth-order valence-electron chi connectivity index (χ4n) is 1.80. The summed E-state index contributed by atoms with van der Waals surface area (Å²) < 4.78 is 4.87. The Kier molecular flexibility index (Phi) is 3.34. The van der Waals surface area contributed by atoms with E-state index in [1.165, 1.54) is 14.0 Å². The first-order valence-electron chi connectivity index (χ1n) is 4.93. The number of carboxylic acid groups (broad SMARTS) is 1. The first kappa shape index (κ1) is 14.1. The Balaban J connectivity index is 3.20. The summed E-state index contributed by atoms with van der Waals surface area (Å²) in [5.41, 5.74) is -2.03. The minimum Gasteiger partial charge on any atom is -0.481 e. The zero-order valence-corrected chi connectivity index (χ0v) is 9.54. The molecule has 0 aromatic carbocycles. The van der Waals surface area contributed by atoms with Crippen molar-refractivity contribution in [3.8, 4) is 0 Å². The van der Waals surface area contributed by atoms with E-state index in [0.717, 1.165) is 0 Å². The molecule has 1 atom stereocenters. The van der Waals surface area contributed by atoms with Gasteiger partial charge in [0.15, 0.2) is 5.79 Å². The van der Waals surface area contributed by atoms with Crippen LogP contribution in [0.15, 0.2) is 11.6 Å². The van der Waals surface area contributed by atoms with Crippen molar-refractivity contribution in [2.45, 2.75) is 36.9 Å². The van der Waals surface area contributed by atoms with Gasteiger partial charge < -0.3 is 30.3 Å². The molecule has 98 valence electrons. The van der Waals surface area contributed by atoms with Crippen LogP contribution in [0.1, 0.15) is 19.8 Å². The molecule has 1 unspecified atom stereocenters. The van der Waals surface area contributed by atoms with E-state index >= 15 is 0 Å². The number of rotatable bonds is 3. The zero-order valence-electron chi connectivity index (χ0n) is 9.54. The van der Waals surface area contributed by atoms with E-state index in [9.17, 15) is 25.2 Å². The van der Waals surface area contributed by atoms with Crippen LogP contribution < -0.4 is 0 Å². The van der Waals surface area contributed by atoms with Crippen LogP contribution in [0.25, 0.3) is 0 Å². The van der Waals surface area contributed by atoms with Crippen LogP contribution in [0.4, 0.5) is 0 Å². The molecule has 0 radical (unpaired) electrons. The number of hydrogen-bond donors (Lipinski definition) is 5. The molecule has 5 N–H and O–H groups in total. The van der Waals surface area contributed by atoms with Crippen molar-refractivity contribution in [3.05, 3.63) is 11.6 Å². The molecular formula is C10H16O7. The SMILES string of the molecule is COC1(C)CC(O)(O)C(CC(=O)O)=CC1(O)O. The van der Waals surface area contributed by atoms with Gasteiger partial charge in [-0.05, 0) is 13.0 Å². The Labute approximate surface area is 97.6 Å². The average Bonchev–Trinajstić information content (AvgIpc) is 2.12. The van der Waals surface area contributed by atoms with Gasteiger partial charge in [-0.1, -0.05) is 0 Å². The second-order valence-corrected chi connectivity index (χ2v) is 4.39. The van der Waals surface area contributed by atoms with Gasteiger partial charge >= 0.3 is 5.97 Å². The monoisotopic (exact) mass is 248 g/mol. The van der Waals surface area contributed by atoms with Crippen LogP contribution >= 0.6 is 0 Å². The Morgan fingerprint density at radius 2 is 1.94 bits per heavy atom. The first-order valence-corrected chi connectivity index (χ1v) is 4.93. The fraction of sp³-hybridized carbons (Fsp3) is 0.700. The fourth-order valence-corrected chi connectivity index (χ4v) is 1.80. The summed E-state index contributed by atoms with van der Waals surface area (Å²) in [5.74, 6) is -6.22. The van der Waals surface area contributed by atoms with Gasteiger partial charge in [-0.15, -0.1) is 0 Å². The molecule has 0 aromatic rings. The lowest BCUT2D eigenvalue weighted by molar-refractivity contribution is -0.291. The standard InChI is InChI=1S/C10H16O7/c1-8(17-2)5-9(13,14)6(3-7(11)12)4-10(8,15)16/h4,13-16H,3,5H2,1-2H3,(H,11,12). The zero-order chi connectivity index (χ0) is 13.5. The van der Waals surface area contributed by atoms with Gasteiger partial charge in [-0.3, -0.25) is 4.79 Å². The molecule has 0 fully saturated rings. The van der Waals surface area contributed by atoms with Crippen LogP contribution in [0.3, 0.4) is 0 Å². The topological polar surface area (TPSA) is 127 Å². The second-order valence-electron chi connectivity index (χ2n) is 4.39. The highest BCUT2D eigenvalue weighted by atomic mass is 16.6. The molecule has 17 heavy (non-hydrogen) atoms. The maximum Gasteiger partial charge on any atom is 0.307 e. The van der Waals surface area contributed by atoms with Crippen LogP contribution in [-0.2, 0) is 9.53 Å². The third kappa shape index (κ3) is 2.48. The van der Waals surface area contributed by atoms with Gasteiger partial charge in [-0.2, -0.15) is 0 Å². The summed E-state index contributed by atoms with van der Waals surface area (Å²) in [5, 5.41) is 47.5. The van der Waals surface area contributed by atoms with E-state index in [2.05, 4.69) is 0 Å². The summed E-state index contributed by atoms with van der Waals surface area (Å²) in [6, 6.07) is 0. The Bertz CT molecular complexity index is 358. The van der Waals surface area contributed by atoms with Crippen LogP contribution in [0.5, 0.6) is 0 Å². The van der Waals surface area contributed by atoms with Gasteiger partial charge in [0.25, 0.3) is 0 Å². The van der Waals surface area contributed by atoms with E-state index in [1.54, 1.807) is 0 Å². The summed E-state index contributed by atoms with van der Waals surface area (Å²) in [7, 11) is 1.19. The predicted octanol–water partition coefficient (Wildman–Crippen LogP) is -1.44. The summed E-state index contributed by atoms with van der Waals surface area (Å²) >= 11 is 0. The lowest BCUT2D eigenvalue weighted by Gasteiger charge is -2.46. The van der Waals surface area contributed by atoms with E-state index < -0.39 is 36.0 Å². The lowest BCUT2D eigenvalue weighted by atomic mass is 9.77. The van der Waals surface area contributed by atoms with Gasteiger partial charge in [0.05, 0.1) is 6.42 Å².